The van der Waals surface area contributed by atoms with Gasteiger partial charge in [0.05, 0.1) is 12.3 Å². The molecule has 0 saturated carbocycles. The lowest BCUT2D eigenvalue weighted by Gasteiger charge is -2.27. The van der Waals surface area contributed by atoms with Crippen molar-refractivity contribution in [1.82, 2.24) is 8.61 Å². The SMILES string of the molecule is O=S(=O)(N1CC2CC=CCC2C1)N1CCCC1c1ccco1. The maximum Gasteiger partial charge on any atom is 0.282 e. The average molecular weight is 322 g/mol. The molecule has 6 heteroatoms. The molecule has 3 heterocycles. The fourth-order valence-electron chi connectivity index (χ4n) is 4.09. The van der Waals surface area contributed by atoms with Crippen LogP contribution in [-0.4, -0.2) is 36.7 Å². The van der Waals surface area contributed by atoms with Crippen molar-refractivity contribution in [2.75, 3.05) is 19.6 Å². The quantitative estimate of drug-likeness (QED) is 0.804. The van der Waals surface area contributed by atoms with Gasteiger partial charge < -0.3 is 4.42 Å². The number of allylic oxidation sites excluding steroid dienone is 2. The van der Waals surface area contributed by atoms with Crippen molar-refractivity contribution in [1.29, 1.82) is 0 Å². The van der Waals surface area contributed by atoms with E-state index >= 15 is 0 Å². The van der Waals surface area contributed by atoms with E-state index in [-0.39, 0.29) is 6.04 Å². The lowest BCUT2D eigenvalue weighted by molar-refractivity contribution is 0.310. The van der Waals surface area contributed by atoms with E-state index in [1.54, 1.807) is 14.9 Å². The monoisotopic (exact) mass is 322 g/mol. The second-order valence-electron chi connectivity index (χ2n) is 6.57. The van der Waals surface area contributed by atoms with Gasteiger partial charge in [0.15, 0.2) is 0 Å². The van der Waals surface area contributed by atoms with Crippen molar-refractivity contribution in [3.05, 3.63) is 36.3 Å². The van der Waals surface area contributed by atoms with Crippen LogP contribution in [0, 0.1) is 11.8 Å². The molecule has 3 unspecified atom stereocenters. The van der Waals surface area contributed by atoms with E-state index in [1.165, 1.54) is 0 Å². The summed E-state index contributed by atoms with van der Waals surface area (Å²) in [6.07, 6.45) is 9.77. The lowest BCUT2D eigenvalue weighted by Crippen LogP contribution is -2.42. The zero-order chi connectivity index (χ0) is 15.2. The van der Waals surface area contributed by atoms with E-state index < -0.39 is 10.2 Å². The minimum absolute atomic E-state index is 0.138. The van der Waals surface area contributed by atoms with Crippen molar-refractivity contribution < 1.29 is 12.8 Å². The van der Waals surface area contributed by atoms with Crippen LogP contribution in [0.3, 0.4) is 0 Å². The van der Waals surface area contributed by atoms with Gasteiger partial charge in [-0.25, -0.2) is 0 Å². The minimum Gasteiger partial charge on any atom is -0.468 e. The van der Waals surface area contributed by atoms with Crippen LogP contribution in [0.4, 0.5) is 0 Å². The highest BCUT2D eigenvalue weighted by Gasteiger charge is 2.45. The molecular formula is C16H22N2O3S. The Kier molecular flexibility index (Phi) is 3.63. The number of furan rings is 1. The Bertz CT molecular complexity index is 637. The van der Waals surface area contributed by atoms with Gasteiger partial charge in [-0.15, -0.1) is 0 Å². The number of hydrogen-bond donors (Lipinski definition) is 0. The second kappa shape index (κ2) is 5.51. The molecule has 0 bridgehead atoms. The van der Waals surface area contributed by atoms with Gasteiger partial charge in [0, 0.05) is 19.6 Å². The number of fused-ring (bicyclic) bond motifs is 1. The predicted molar refractivity (Wildman–Crippen MR) is 83.2 cm³/mol. The smallest absolute Gasteiger partial charge is 0.282 e. The summed E-state index contributed by atoms with van der Waals surface area (Å²) in [4.78, 5) is 0. The van der Waals surface area contributed by atoms with E-state index in [2.05, 4.69) is 12.2 Å². The first-order valence-corrected chi connectivity index (χ1v) is 9.51. The average Bonchev–Trinajstić information content (AvgIpc) is 3.25. The van der Waals surface area contributed by atoms with Gasteiger partial charge in [-0.1, -0.05) is 12.2 Å². The standard InChI is InChI=1S/C16H22N2O3S/c19-22(20,17-11-13-5-1-2-6-14(13)12-17)18-9-3-7-15(18)16-8-4-10-21-16/h1-2,4,8,10,13-15H,3,5-7,9,11-12H2. The molecule has 22 heavy (non-hydrogen) atoms. The number of hydrogen-bond acceptors (Lipinski definition) is 3. The molecule has 3 atom stereocenters. The summed E-state index contributed by atoms with van der Waals surface area (Å²) in [5.74, 6) is 1.74. The lowest BCUT2D eigenvalue weighted by atomic mass is 9.86. The molecule has 0 spiro atoms. The Balaban J connectivity index is 1.56. The Morgan fingerprint density at radius 1 is 1.14 bits per heavy atom. The van der Waals surface area contributed by atoms with E-state index in [4.69, 9.17) is 4.42 Å². The minimum atomic E-state index is -3.39. The zero-order valence-corrected chi connectivity index (χ0v) is 13.4. The van der Waals surface area contributed by atoms with Crippen molar-refractivity contribution in [2.24, 2.45) is 11.8 Å². The summed E-state index contributed by atoms with van der Waals surface area (Å²) in [6.45, 7) is 1.93. The highest BCUT2D eigenvalue weighted by atomic mass is 32.2. The van der Waals surface area contributed by atoms with Gasteiger partial charge in [0.25, 0.3) is 10.2 Å². The van der Waals surface area contributed by atoms with Crippen LogP contribution in [0.15, 0.2) is 35.0 Å². The largest absolute Gasteiger partial charge is 0.468 e. The molecule has 3 aliphatic rings. The molecule has 5 nitrogen and oxygen atoms in total. The molecule has 4 rings (SSSR count). The Morgan fingerprint density at radius 2 is 1.86 bits per heavy atom. The summed E-state index contributed by atoms with van der Waals surface area (Å²) >= 11 is 0. The first-order valence-electron chi connectivity index (χ1n) is 8.11. The Morgan fingerprint density at radius 3 is 2.50 bits per heavy atom. The van der Waals surface area contributed by atoms with E-state index in [0.717, 1.165) is 31.4 Å². The zero-order valence-electron chi connectivity index (χ0n) is 12.6. The molecule has 2 saturated heterocycles. The van der Waals surface area contributed by atoms with Crippen LogP contribution in [-0.2, 0) is 10.2 Å². The van der Waals surface area contributed by atoms with Gasteiger partial charge in [0.2, 0.25) is 0 Å². The van der Waals surface area contributed by atoms with E-state index in [0.29, 0.717) is 31.5 Å². The maximum absolute atomic E-state index is 13.1. The molecule has 2 aliphatic heterocycles. The van der Waals surface area contributed by atoms with Crippen LogP contribution in [0.5, 0.6) is 0 Å². The molecule has 0 N–H and O–H groups in total. The molecule has 0 radical (unpaired) electrons. The van der Waals surface area contributed by atoms with Crippen molar-refractivity contribution in [2.45, 2.75) is 31.7 Å². The fourth-order valence-corrected chi connectivity index (χ4v) is 6.04. The van der Waals surface area contributed by atoms with Gasteiger partial charge in [-0.3, -0.25) is 0 Å². The number of rotatable bonds is 3. The molecule has 120 valence electrons. The summed E-state index contributed by atoms with van der Waals surface area (Å²) in [5, 5.41) is 0. The Labute approximate surface area is 131 Å². The normalized spacial score (nSPS) is 33.4. The van der Waals surface area contributed by atoms with E-state index in [1.807, 2.05) is 12.1 Å². The highest BCUT2D eigenvalue weighted by molar-refractivity contribution is 7.86. The third-order valence-electron chi connectivity index (χ3n) is 5.29. The summed E-state index contributed by atoms with van der Waals surface area (Å²) < 4.78 is 35.0. The topological polar surface area (TPSA) is 53.8 Å². The Hall–Kier alpha value is -1.11. The summed E-state index contributed by atoms with van der Waals surface area (Å²) in [6, 6.07) is 3.57. The predicted octanol–water partition coefficient (Wildman–Crippen LogP) is 2.56. The molecule has 1 aliphatic carbocycles. The van der Waals surface area contributed by atoms with Gasteiger partial charge >= 0.3 is 0 Å². The van der Waals surface area contributed by atoms with Crippen LogP contribution in [0.1, 0.15) is 37.5 Å². The van der Waals surface area contributed by atoms with E-state index in [9.17, 15) is 8.42 Å². The van der Waals surface area contributed by atoms with Gasteiger partial charge in [0.1, 0.15) is 5.76 Å². The maximum atomic E-state index is 13.1. The molecule has 2 fully saturated rings. The molecule has 1 aromatic rings. The molecule has 1 aromatic heterocycles. The summed E-state index contributed by atoms with van der Waals surface area (Å²) in [7, 11) is -3.39. The van der Waals surface area contributed by atoms with Crippen molar-refractivity contribution in [3.8, 4) is 0 Å². The summed E-state index contributed by atoms with van der Waals surface area (Å²) in [5.41, 5.74) is 0. The molecule has 0 amide bonds. The molecule has 0 aromatic carbocycles. The van der Waals surface area contributed by atoms with Crippen molar-refractivity contribution >= 4 is 10.2 Å². The fraction of sp³-hybridized carbons (Fsp3) is 0.625. The van der Waals surface area contributed by atoms with Crippen molar-refractivity contribution in [3.63, 3.8) is 0 Å². The second-order valence-corrected chi connectivity index (χ2v) is 8.45. The first-order chi connectivity index (χ1) is 10.7. The van der Waals surface area contributed by atoms with Crippen LogP contribution in [0.2, 0.25) is 0 Å². The van der Waals surface area contributed by atoms with Crippen LogP contribution in [0.25, 0.3) is 0 Å². The third kappa shape index (κ3) is 2.33. The van der Waals surface area contributed by atoms with Gasteiger partial charge in [-0.05, 0) is 49.7 Å². The first kappa shape index (κ1) is 14.5. The molecular weight excluding hydrogens is 300 g/mol. The number of nitrogens with zero attached hydrogens (tertiary/aromatic N) is 2. The van der Waals surface area contributed by atoms with Gasteiger partial charge in [-0.2, -0.15) is 17.0 Å². The van der Waals surface area contributed by atoms with Crippen LogP contribution < -0.4 is 0 Å². The third-order valence-corrected chi connectivity index (χ3v) is 7.27. The van der Waals surface area contributed by atoms with Crippen LogP contribution >= 0.6 is 0 Å². The highest BCUT2D eigenvalue weighted by Crippen LogP contribution is 2.39.